The predicted octanol–water partition coefficient (Wildman–Crippen LogP) is 5.27. The Morgan fingerprint density at radius 2 is 2.10 bits per heavy atom. The van der Waals surface area contributed by atoms with Gasteiger partial charge in [-0.2, -0.15) is 0 Å². The number of carbonyl (C=O) groups excluding carboxylic acids is 1. The quantitative estimate of drug-likeness (QED) is 0.666. The van der Waals surface area contributed by atoms with E-state index >= 15 is 0 Å². The van der Waals surface area contributed by atoms with Crippen molar-refractivity contribution in [1.82, 2.24) is 0 Å². The molecule has 1 unspecified atom stereocenters. The number of halogens is 2. The zero-order valence-electron chi connectivity index (χ0n) is 10.7. The van der Waals surface area contributed by atoms with Gasteiger partial charge in [0.1, 0.15) is 0 Å². The second-order valence-electron chi connectivity index (χ2n) is 4.81. The lowest BCUT2D eigenvalue weighted by molar-refractivity contribution is -0.116. The standard InChI is InChI=1S/C15H13Br2NOS/c16-11-6-7-20-15(11)14(17)10-4-5-12-9(8-10)2-1-3-13(19)18-12/h4-8,14H,1-3H2,(H,18,19). The van der Waals surface area contributed by atoms with Crippen molar-refractivity contribution in [3.8, 4) is 0 Å². The third-order valence-corrected chi connectivity index (χ3v) is 6.65. The molecule has 1 aliphatic rings. The Kier molecular flexibility index (Phi) is 4.29. The molecule has 0 spiro atoms. The van der Waals surface area contributed by atoms with Crippen LogP contribution in [0, 0.1) is 0 Å². The van der Waals surface area contributed by atoms with Gasteiger partial charge in [-0.05, 0) is 57.4 Å². The Labute approximate surface area is 138 Å². The van der Waals surface area contributed by atoms with Crippen LogP contribution in [0.2, 0.25) is 0 Å². The molecular weight excluding hydrogens is 402 g/mol. The van der Waals surface area contributed by atoms with Gasteiger partial charge >= 0.3 is 0 Å². The summed E-state index contributed by atoms with van der Waals surface area (Å²) in [5.74, 6) is 0.118. The summed E-state index contributed by atoms with van der Waals surface area (Å²) in [6, 6.07) is 8.37. The van der Waals surface area contributed by atoms with E-state index in [4.69, 9.17) is 0 Å². The highest BCUT2D eigenvalue weighted by Crippen LogP contribution is 2.40. The predicted molar refractivity (Wildman–Crippen MR) is 90.8 cm³/mol. The lowest BCUT2D eigenvalue weighted by atomic mass is 10.0. The van der Waals surface area contributed by atoms with Gasteiger partial charge in [0.2, 0.25) is 5.91 Å². The molecule has 2 nitrogen and oxygen atoms in total. The van der Waals surface area contributed by atoms with Crippen molar-refractivity contribution < 1.29 is 4.79 Å². The number of fused-ring (bicyclic) bond motifs is 1. The number of aryl methyl sites for hydroxylation is 1. The molecule has 1 aromatic heterocycles. The fraction of sp³-hybridized carbons (Fsp3) is 0.267. The number of alkyl halides is 1. The van der Waals surface area contributed by atoms with E-state index < -0.39 is 0 Å². The summed E-state index contributed by atoms with van der Waals surface area (Å²) in [5, 5.41) is 5.05. The third kappa shape index (κ3) is 2.85. The average molecular weight is 415 g/mol. The molecule has 1 aromatic carbocycles. The van der Waals surface area contributed by atoms with Gasteiger partial charge in [0.05, 0.1) is 4.83 Å². The van der Waals surface area contributed by atoms with Crippen LogP contribution in [0.25, 0.3) is 0 Å². The van der Waals surface area contributed by atoms with Crippen LogP contribution >= 0.6 is 43.2 Å². The molecule has 104 valence electrons. The normalized spacial score (nSPS) is 16.2. The highest BCUT2D eigenvalue weighted by Gasteiger charge is 2.18. The average Bonchev–Trinajstić information content (AvgIpc) is 2.76. The van der Waals surface area contributed by atoms with Gasteiger partial charge < -0.3 is 5.32 Å². The highest BCUT2D eigenvalue weighted by atomic mass is 79.9. The van der Waals surface area contributed by atoms with E-state index in [-0.39, 0.29) is 10.7 Å². The monoisotopic (exact) mass is 413 g/mol. The van der Waals surface area contributed by atoms with Crippen LogP contribution in [0.4, 0.5) is 5.69 Å². The molecule has 0 saturated carbocycles. The summed E-state index contributed by atoms with van der Waals surface area (Å²) < 4.78 is 1.13. The summed E-state index contributed by atoms with van der Waals surface area (Å²) >= 11 is 9.09. The van der Waals surface area contributed by atoms with Crippen LogP contribution in [0.3, 0.4) is 0 Å². The molecule has 3 rings (SSSR count). The van der Waals surface area contributed by atoms with Gasteiger partial charge in [0.15, 0.2) is 0 Å². The first-order chi connectivity index (χ1) is 9.65. The number of hydrogen-bond acceptors (Lipinski definition) is 2. The van der Waals surface area contributed by atoms with Crippen molar-refractivity contribution in [3.05, 3.63) is 50.1 Å². The number of anilines is 1. The first-order valence-corrected chi connectivity index (χ1v) is 9.03. The maximum absolute atomic E-state index is 11.6. The zero-order valence-corrected chi connectivity index (χ0v) is 14.6. The molecule has 1 N–H and O–H groups in total. The Morgan fingerprint density at radius 1 is 1.25 bits per heavy atom. The molecule has 0 aliphatic carbocycles. The van der Waals surface area contributed by atoms with Crippen molar-refractivity contribution in [2.24, 2.45) is 0 Å². The smallest absolute Gasteiger partial charge is 0.224 e. The van der Waals surface area contributed by atoms with Crippen LogP contribution in [-0.4, -0.2) is 5.91 Å². The van der Waals surface area contributed by atoms with Crippen LogP contribution in [0.15, 0.2) is 34.1 Å². The summed E-state index contributed by atoms with van der Waals surface area (Å²) in [7, 11) is 0. The Balaban J connectivity index is 1.94. The second-order valence-corrected chi connectivity index (χ2v) is 7.53. The summed E-state index contributed by atoms with van der Waals surface area (Å²) in [6.45, 7) is 0. The van der Waals surface area contributed by atoms with Crippen molar-refractivity contribution >= 4 is 54.8 Å². The number of thiophene rings is 1. The van der Waals surface area contributed by atoms with E-state index in [9.17, 15) is 4.79 Å². The van der Waals surface area contributed by atoms with E-state index in [1.807, 2.05) is 6.07 Å². The number of carbonyl (C=O) groups is 1. The molecule has 0 radical (unpaired) electrons. The molecule has 2 aromatic rings. The largest absolute Gasteiger partial charge is 0.326 e. The molecule has 2 heterocycles. The fourth-order valence-corrected chi connectivity index (χ4v) is 5.16. The topological polar surface area (TPSA) is 29.1 Å². The van der Waals surface area contributed by atoms with E-state index in [2.05, 4.69) is 60.8 Å². The zero-order chi connectivity index (χ0) is 14.1. The van der Waals surface area contributed by atoms with Crippen LogP contribution in [0.5, 0.6) is 0 Å². The van der Waals surface area contributed by atoms with Gasteiger partial charge in [-0.1, -0.05) is 28.1 Å². The maximum Gasteiger partial charge on any atom is 0.224 e. The number of benzene rings is 1. The minimum Gasteiger partial charge on any atom is -0.326 e. The van der Waals surface area contributed by atoms with E-state index in [1.54, 1.807) is 11.3 Å². The molecule has 20 heavy (non-hydrogen) atoms. The van der Waals surface area contributed by atoms with E-state index in [0.29, 0.717) is 6.42 Å². The van der Waals surface area contributed by atoms with Gasteiger partial charge in [-0.25, -0.2) is 0 Å². The number of nitrogens with one attached hydrogen (secondary N) is 1. The maximum atomic E-state index is 11.6. The minimum absolute atomic E-state index is 0.118. The Hall–Kier alpha value is -0.650. The van der Waals surface area contributed by atoms with Gasteiger partial charge in [0.25, 0.3) is 0 Å². The summed E-state index contributed by atoms with van der Waals surface area (Å²) in [5.41, 5.74) is 3.41. The number of hydrogen-bond donors (Lipinski definition) is 1. The molecular formula is C15H13Br2NOS. The van der Waals surface area contributed by atoms with Gasteiger partial charge in [-0.3, -0.25) is 4.79 Å². The summed E-state index contributed by atoms with van der Waals surface area (Å²) in [6.07, 6.45) is 2.48. The molecule has 1 amide bonds. The highest BCUT2D eigenvalue weighted by molar-refractivity contribution is 9.11. The minimum atomic E-state index is 0.118. The first kappa shape index (κ1) is 14.3. The number of amides is 1. The SMILES string of the molecule is O=C1CCCc2cc(C(Br)c3sccc3Br)ccc2N1. The molecule has 1 atom stereocenters. The van der Waals surface area contributed by atoms with E-state index in [1.165, 1.54) is 16.0 Å². The molecule has 1 aliphatic heterocycles. The molecule has 5 heteroatoms. The van der Waals surface area contributed by atoms with Crippen molar-refractivity contribution in [3.63, 3.8) is 0 Å². The van der Waals surface area contributed by atoms with E-state index in [0.717, 1.165) is 23.0 Å². The lowest BCUT2D eigenvalue weighted by Crippen LogP contribution is -2.09. The van der Waals surface area contributed by atoms with Gasteiger partial charge in [0, 0.05) is 21.5 Å². The fourth-order valence-electron chi connectivity index (χ4n) is 2.39. The van der Waals surface area contributed by atoms with Crippen molar-refractivity contribution in [2.75, 3.05) is 5.32 Å². The van der Waals surface area contributed by atoms with Crippen molar-refractivity contribution in [2.45, 2.75) is 24.1 Å². The van der Waals surface area contributed by atoms with Crippen LogP contribution in [0.1, 0.15) is 33.7 Å². The molecule has 0 saturated heterocycles. The number of rotatable bonds is 2. The molecule has 0 fully saturated rings. The molecule has 0 bridgehead atoms. The Bertz CT molecular complexity index is 653. The third-order valence-electron chi connectivity index (χ3n) is 3.42. The summed E-state index contributed by atoms with van der Waals surface area (Å²) in [4.78, 5) is 13.0. The Morgan fingerprint density at radius 3 is 2.85 bits per heavy atom. The first-order valence-electron chi connectivity index (χ1n) is 6.45. The lowest BCUT2D eigenvalue weighted by Gasteiger charge is -2.13. The van der Waals surface area contributed by atoms with Crippen molar-refractivity contribution in [1.29, 1.82) is 0 Å². The second kappa shape index (κ2) is 6.00. The van der Waals surface area contributed by atoms with Gasteiger partial charge in [-0.15, -0.1) is 11.3 Å². The van der Waals surface area contributed by atoms with Crippen LogP contribution in [-0.2, 0) is 11.2 Å². The van der Waals surface area contributed by atoms with Crippen LogP contribution < -0.4 is 5.32 Å².